The van der Waals surface area contributed by atoms with Crippen molar-refractivity contribution < 1.29 is 39.5 Å². The standard InChI is InChI=1S/C25H24N2O2S2.Na/c1-16(2)17-9-11-18(12-10-17)21-15-31-24(27-21)23(22-8-5-13-30-22)26-14-19-6-3-4-7-20(19)25(28)29;/h3-13,15-16,23,26H,14H2,1-2H3,(H,28,29);/q;+1/p-1. The predicted molar refractivity (Wildman–Crippen MR) is 125 cm³/mol. The third-order valence-corrected chi connectivity index (χ3v) is 7.05. The van der Waals surface area contributed by atoms with Crippen LogP contribution in [-0.2, 0) is 6.54 Å². The molecule has 158 valence electrons. The second kappa shape index (κ2) is 11.4. The van der Waals surface area contributed by atoms with Crippen molar-refractivity contribution >= 4 is 28.6 Å². The van der Waals surface area contributed by atoms with Crippen LogP contribution in [0.15, 0.2) is 71.4 Å². The largest absolute Gasteiger partial charge is 1.00 e. The number of carbonyl (C=O) groups excluding carboxylic acids is 1. The van der Waals surface area contributed by atoms with Crippen LogP contribution < -0.4 is 40.0 Å². The summed E-state index contributed by atoms with van der Waals surface area (Å²) < 4.78 is 0. The van der Waals surface area contributed by atoms with Gasteiger partial charge in [0.05, 0.1) is 17.7 Å². The van der Waals surface area contributed by atoms with Crippen molar-refractivity contribution in [3.8, 4) is 11.3 Å². The maximum absolute atomic E-state index is 11.4. The van der Waals surface area contributed by atoms with E-state index in [0.29, 0.717) is 18.0 Å². The summed E-state index contributed by atoms with van der Waals surface area (Å²) in [6.07, 6.45) is 0. The monoisotopic (exact) mass is 470 g/mol. The predicted octanol–water partition coefficient (Wildman–Crippen LogP) is 2.24. The number of thiazole rings is 1. The molecule has 1 unspecified atom stereocenters. The molecule has 1 atom stereocenters. The Kier molecular flexibility index (Phi) is 8.82. The molecule has 4 nitrogen and oxygen atoms in total. The van der Waals surface area contributed by atoms with E-state index in [2.05, 4.69) is 54.9 Å². The van der Waals surface area contributed by atoms with Crippen LogP contribution in [0.1, 0.15) is 57.2 Å². The molecule has 4 rings (SSSR count). The minimum atomic E-state index is -1.16. The van der Waals surface area contributed by atoms with Gasteiger partial charge in [-0.1, -0.05) is 68.4 Å². The van der Waals surface area contributed by atoms with E-state index in [-0.39, 0.29) is 41.2 Å². The van der Waals surface area contributed by atoms with Crippen LogP contribution >= 0.6 is 22.7 Å². The van der Waals surface area contributed by atoms with Crippen LogP contribution in [-0.4, -0.2) is 11.0 Å². The van der Waals surface area contributed by atoms with Crippen molar-refractivity contribution in [2.24, 2.45) is 0 Å². The summed E-state index contributed by atoms with van der Waals surface area (Å²) in [5, 5.41) is 20.0. The Hall–Kier alpha value is -1.80. The molecule has 0 spiro atoms. The van der Waals surface area contributed by atoms with Gasteiger partial charge in [0, 0.05) is 27.9 Å². The average Bonchev–Trinajstić information content (AvgIpc) is 3.47. The number of aromatic carboxylic acids is 1. The molecule has 0 amide bonds. The first-order chi connectivity index (χ1) is 15.0. The molecule has 7 heteroatoms. The van der Waals surface area contributed by atoms with Crippen LogP contribution in [0.4, 0.5) is 0 Å². The van der Waals surface area contributed by atoms with Gasteiger partial charge in [-0.2, -0.15) is 0 Å². The van der Waals surface area contributed by atoms with Gasteiger partial charge in [-0.25, -0.2) is 4.98 Å². The quantitative estimate of drug-likeness (QED) is 0.401. The van der Waals surface area contributed by atoms with E-state index in [1.807, 2.05) is 23.6 Å². The number of benzene rings is 2. The molecule has 0 saturated carbocycles. The zero-order chi connectivity index (χ0) is 21.8. The molecule has 0 bridgehead atoms. The number of thiophene rings is 1. The summed E-state index contributed by atoms with van der Waals surface area (Å²) in [6.45, 7) is 4.78. The van der Waals surface area contributed by atoms with Gasteiger partial charge in [-0.3, -0.25) is 5.32 Å². The average molecular weight is 471 g/mol. The third-order valence-electron chi connectivity index (χ3n) is 5.20. The van der Waals surface area contributed by atoms with Crippen molar-refractivity contribution in [1.82, 2.24) is 10.3 Å². The summed E-state index contributed by atoms with van der Waals surface area (Å²) >= 11 is 3.27. The number of hydrogen-bond donors (Lipinski definition) is 1. The maximum Gasteiger partial charge on any atom is 1.00 e. The Labute approximate surface area is 218 Å². The molecule has 0 radical (unpaired) electrons. The van der Waals surface area contributed by atoms with E-state index in [9.17, 15) is 9.90 Å². The van der Waals surface area contributed by atoms with Gasteiger partial charge in [0.15, 0.2) is 0 Å². The topological polar surface area (TPSA) is 65.0 Å². The Morgan fingerprint density at radius 3 is 2.44 bits per heavy atom. The second-order valence-corrected chi connectivity index (χ2v) is 9.49. The van der Waals surface area contributed by atoms with Gasteiger partial charge in [0.25, 0.3) is 0 Å². The zero-order valence-electron chi connectivity index (χ0n) is 18.4. The summed E-state index contributed by atoms with van der Waals surface area (Å²) in [5.41, 5.74) is 4.27. The first-order valence-electron chi connectivity index (χ1n) is 10.1. The molecule has 0 aliphatic carbocycles. The van der Waals surface area contributed by atoms with E-state index in [4.69, 9.17) is 4.98 Å². The van der Waals surface area contributed by atoms with E-state index >= 15 is 0 Å². The first-order valence-corrected chi connectivity index (χ1v) is 11.9. The molecule has 0 aliphatic heterocycles. The van der Waals surface area contributed by atoms with Gasteiger partial charge in [0.1, 0.15) is 5.01 Å². The van der Waals surface area contributed by atoms with Gasteiger partial charge in [-0.05, 0) is 28.5 Å². The van der Waals surface area contributed by atoms with Crippen LogP contribution in [0.5, 0.6) is 0 Å². The van der Waals surface area contributed by atoms with Crippen LogP contribution in [0, 0.1) is 0 Å². The van der Waals surface area contributed by atoms with Crippen molar-refractivity contribution in [2.75, 3.05) is 0 Å². The molecule has 0 fully saturated rings. The van der Waals surface area contributed by atoms with E-state index in [1.54, 1.807) is 34.8 Å². The van der Waals surface area contributed by atoms with Gasteiger partial charge in [-0.15, -0.1) is 22.7 Å². The third kappa shape index (κ3) is 5.76. The summed E-state index contributed by atoms with van der Waals surface area (Å²) in [4.78, 5) is 17.5. The van der Waals surface area contributed by atoms with Gasteiger partial charge in [0.2, 0.25) is 0 Å². The number of rotatable bonds is 8. The molecule has 2 aromatic carbocycles. The van der Waals surface area contributed by atoms with Crippen molar-refractivity contribution in [1.29, 1.82) is 0 Å². The second-order valence-electron chi connectivity index (χ2n) is 7.62. The minimum absolute atomic E-state index is 0. The maximum atomic E-state index is 11.4. The fourth-order valence-corrected chi connectivity index (χ4v) is 5.24. The van der Waals surface area contributed by atoms with E-state index in [1.165, 1.54) is 5.56 Å². The number of carbonyl (C=O) groups is 1. The summed E-state index contributed by atoms with van der Waals surface area (Å²) in [7, 11) is 0. The Balaban J connectivity index is 0.00000289. The van der Waals surface area contributed by atoms with E-state index < -0.39 is 5.97 Å². The Morgan fingerprint density at radius 1 is 1.03 bits per heavy atom. The zero-order valence-corrected chi connectivity index (χ0v) is 22.0. The number of carboxylic acid groups (broad SMARTS) is 1. The van der Waals surface area contributed by atoms with Crippen LogP contribution in [0.2, 0.25) is 0 Å². The Bertz CT molecular complexity index is 1150. The van der Waals surface area contributed by atoms with Gasteiger partial charge >= 0.3 is 29.6 Å². The number of nitrogens with one attached hydrogen (secondary N) is 1. The van der Waals surface area contributed by atoms with Crippen molar-refractivity contribution in [2.45, 2.75) is 32.4 Å². The van der Waals surface area contributed by atoms with Crippen LogP contribution in [0.3, 0.4) is 0 Å². The minimum Gasteiger partial charge on any atom is -0.545 e. The first kappa shape index (κ1) is 24.8. The van der Waals surface area contributed by atoms with Gasteiger partial charge < -0.3 is 9.90 Å². The molecular formula is C25H23N2NaO2S2. The van der Waals surface area contributed by atoms with Crippen molar-refractivity contribution in [3.63, 3.8) is 0 Å². The number of nitrogens with zero attached hydrogens (tertiary/aromatic N) is 1. The molecule has 0 aliphatic rings. The smallest absolute Gasteiger partial charge is 0.545 e. The fraction of sp³-hybridized carbons (Fsp3) is 0.200. The molecule has 2 aromatic heterocycles. The molecule has 2 heterocycles. The van der Waals surface area contributed by atoms with E-state index in [0.717, 1.165) is 21.1 Å². The normalized spacial score (nSPS) is 11.8. The Morgan fingerprint density at radius 2 is 1.78 bits per heavy atom. The number of carboxylic acids is 1. The summed E-state index contributed by atoms with van der Waals surface area (Å²) in [6, 6.07) is 19.5. The SMILES string of the molecule is CC(C)c1ccc(-c2csc(C(NCc3ccccc3C(=O)[O-])c3cccs3)n2)cc1.[Na+]. The number of aromatic nitrogens is 1. The van der Waals surface area contributed by atoms with Crippen molar-refractivity contribution in [3.05, 3.63) is 98.0 Å². The molecular weight excluding hydrogens is 447 g/mol. The molecule has 4 aromatic rings. The molecule has 0 saturated heterocycles. The summed E-state index contributed by atoms with van der Waals surface area (Å²) in [5.74, 6) is -0.664. The van der Waals surface area contributed by atoms with Crippen LogP contribution in [0.25, 0.3) is 11.3 Å². The fourth-order valence-electron chi connectivity index (χ4n) is 3.44. The number of hydrogen-bond acceptors (Lipinski definition) is 6. The molecule has 32 heavy (non-hydrogen) atoms. The molecule has 1 N–H and O–H groups in total.